The summed E-state index contributed by atoms with van der Waals surface area (Å²) in [6.45, 7) is 0. The van der Waals surface area contributed by atoms with E-state index >= 15 is 0 Å². The summed E-state index contributed by atoms with van der Waals surface area (Å²) in [5, 5.41) is 9.35. The molecule has 0 bridgehead atoms. The molecule has 0 N–H and O–H groups in total. The monoisotopic (exact) mass is 345 g/mol. The van der Waals surface area contributed by atoms with Crippen LogP contribution < -0.4 is 0 Å². The number of ketones is 1. The van der Waals surface area contributed by atoms with Crippen LogP contribution in [-0.4, -0.2) is 12.0 Å². The van der Waals surface area contributed by atoms with Gasteiger partial charge in [0.05, 0.1) is 6.07 Å². The molecule has 0 aliphatic rings. The number of halogens is 1. The molecule has 20 heavy (non-hydrogen) atoms. The minimum absolute atomic E-state index is 0.153. The van der Waals surface area contributed by atoms with E-state index in [1.807, 2.05) is 36.6 Å². The number of hydrogen-bond acceptors (Lipinski definition) is 3. The van der Waals surface area contributed by atoms with Crippen molar-refractivity contribution in [3.8, 4) is 6.07 Å². The van der Waals surface area contributed by atoms with Crippen LogP contribution in [-0.2, 0) is 0 Å². The smallest absolute Gasteiger partial charge is 0.185 e. The molecule has 2 nitrogen and oxygen atoms in total. The zero-order valence-corrected chi connectivity index (χ0v) is 13.2. The predicted octanol–water partition coefficient (Wildman–Crippen LogP) is 4.66. The minimum atomic E-state index is -0.767. The van der Waals surface area contributed by atoms with Crippen LogP contribution in [0.25, 0.3) is 0 Å². The molecule has 0 spiro atoms. The Morgan fingerprint density at radius 2 is 1.85 bits per heavy atom. The van der Waals surface area contributed by atoms with Crippen LogP contribution in [0.15, 0.2) is 57.9 Å². The summed E-state index contributed by atoms with van der Waals surface area (Å²) in [7, 11) is 0. The van der Waals surface area contributed by atoms with E-state index in [0.717, 1.165) is 14.9 Å². The molecule has 2 rings (SSSR count). The normalized spacial score (nSPS) is 11.7. The Labute approximate surface area is 130 Å². The first-order valence-corrected chi connectivity index (χ1v) is 8.01. The van der Waals surface area contributed by atoms with Crippen molar-refractivity contribution in [2.24, 2.45) is 0 Å². The van der Waals surface area contributed by atoms with Gasteiger partial charge in [0.2, 0.25) is 0 Å². The number of benzene rings is 2. The van der Waals surface area contributed by atoms with Gasteiger partial charge < -0.3 is 0 Å². The lowest BCUT2D eigenvalue weighted by Crippen LogP contribution is -2.12. The molecule has 0 fully saturated rings. The molecule has 0 aliphatic heterocycles. The van der Waals surface area contributed by atoms with Gasteiger partial charge in [-0.15, -0.1) is 11.8 Å². The summed E-state index contributed by atoms with van der Waals surface area (Å²) in [6, 6.07) is 16.8. The van der Waals surface area contributed by atoms with E-state index < -0.39 is 5.92 Å². The number of nitrogens with zero attached hydrogens (tertiary/aromatic N) is 1. The fraction of sp³-hybridized carbons (Fsp3) is 0.125. The zero-order chi connectivity index (χ0) is 14.5. The number of carbonyl (C=O) groups excluding carboxylic acids is 1. The lowest BCUT2D eigenvalue weighted by Gasteiger charge is -2.11. The third-order valence-electron chi connectivity index (χ3n) is 2.97. The number of hydrogen-bond donors (Lipinski definition) is 0. The van der Waals surface area contributed by atoms with Gasteiger partial charge in [0.25, 0.3) is 0 Å². The first kappa shape index (κ1) is 14.8. The van der Waals surface area contributed by atoms with Crippen molar-refractivity contribution in [1.29, 1.82) is 5.26 Å². The van der Waals surface area contributed by atoms with Gasteiger partial charge in [0.15, 0.2) is 5.78 Å². The molecular formula is C16H12BrNOS. The van der Waals surface area contributed by atoms with Gasteiger partial charge in [-0.3, -0.25) is 4.79 Å². The van der Waals surface area contributed by atoms with E-state index in [9.17, 15) is 10.1 Å². The molecule has 0 amide bonds. The number of Topliss-reactive ketones (excluding diaryl/α,β-unsaturated/α-hetero) is 1. The predicted molar refractivity (Wildman–Crippen MR) is 85.0 cm³/mol. The summed E-state index contributed by atoms with van der Waals surface area (Å²) in [5.41, 5.74) is 1.33. The van der Waals surface area contributed by atoms with E-state index in [-0.39, 0.29) is 5.78 Å². The second-order valence-electron chi connectivity index (χ2n) is 4.18. The third-order valence-corrected chi connectivity index (χ3v) is 4.29. The topological polar surface area (TPSA) is 40.9 Å². The number of carbonyl (C=O) groups is 1. The fourth-order valence-electron chi connectivity index (χ4n) is 1.94. The molecule has 100 valence electrons. The highest BCUT2D eigenvalue weighted by Gasteiger charge is 2.23. The molecule has 2 aromatic rings. The van der Waals surface area contributed by atoms with Crippen LogP contribution >= 0.6 is 27.7 Å². The number of thioether (sulfide) groups is 1. The molecule has 0 saturated carbocycles. The number of rotatable bonds is 4. The van der Waals surface area contributed by atoms with Crippen LogP contribution in [0.3, 0.4) is 0 Å². The summed E-state index contributed by atoms with van der Waals surface area (Å²) in [6.07, 6.45) is 1.92. The maximum absolute atomic E-state index is 12.6. The van der Waals surface area contributed by atoms with Crippen LogP contribution in [0.2, 0.25) is 0 Å². The van der Waals surface area contributed by atoms with E-state index in [4.69, 9.17) is 0 Å². The molecule has 2 aromatic carbocycles. The Morgan fingerprint density at radius 3 is 2.45 bits per heavy atom. The molecule has 0 heterocycles. The summed E-state index contributed by atoms with van der Waals surface area (Å²) >= 11 is 4.86. The first-order valence-electron chi connectivity index (χ1n) is 5.99. The van der Waals surface area contributed by atoms with Crippen molar-refractivity contribution in [3.05, 3.63) is 64.1 Å². The quantitative estimate of drug-likeness (QED) is 0.597. The Kier molecular flexibility index (Phi) is 4.99. The molecule has 0 aliphatic carbocycles. The molecule has 1 atom stereocenters. The highest BCUT2D eigenvalue weighted by molar-refractivity contribution is 9.10. The van der Waals surface area contributed by atoms with Gasteiger partial charge in [-0.05, 0) is 30.0 Å². The van der Waals surface area contributed by atoms with Gasteiger partial charge in [-0.2, -0.15) is 5.26 Å². The summed E-state index contributed by atoms with van der Waals surface area (Å²) < 4.78 is 0.926. The number of nitriles is 1. The van der Waals surface area contributed by atoms with Gasteiger partial charge in [0, 0.05) is 14.9 Å². The average Bonchev–Trinajstić information content (AvgIpc) is 2.49. The molecule has 0 saturated heterocycles. The van der Waals surface area contributed by atoms with E-state index in [2.05, 4.69) is 22.0 Å². The van der Waals surface area contributed by atoms with Crippen molar-refractivity contribution in [3.63, 3.8) is 0 Å². The Balaban J connectivity index is 2.39. The van der Waals surface area contributed by atoms with Crippen molar-refractivity contribution >= 4 is 33.5 Å². The summed E-state index contributed by atoms with van der Waals surface area (Å²) in [4.78, 5) is 13.5. The van der Waals surface area contributed by atoms with Gasteiger partial charge >= 0.3 is 0 Å². The molecule has 0 radical (unpaired) electrons. The Bertz CT molecular complexity index is 661. The van der Waals surface area contributed by atoms with Crippen molar-refractivity contribution < 1.29 is 4.79 Å². The third kappa shape index (κ3) is 3.12. The Morgan fingerprint density at radius 1 is 1.20 bits per heavy atom. The second-order valence-corrected chi connectivity index (χ2v) is 5.94. The maximum atomic E-state index is 12.6. The van der Waals surface area contributed by atoms with Crippen LogP contribution in [0.4, 0.5) is 0 Å². The largest absolute Gasteiger partial charge is 0.292 e. The van der Waals surface area contributed by atoms with E-state index in [1.54, 1.807) is 18.2 Å². The van der Waals surface area contributed by atoms with Gasteiger partial charge in [-0.25, -0.2) is 0 Å². The molecule has 4 heteroatoms. The van der Waals surface area contributed by atoms with Crippen LogP contribution in [0.5, 0.6) is 0 Å². The lowest BCUT2D eigenvalue weighted by atomic mass is 9.92. The van der Waals surface area contributed by atoms with Crippen LogP contribution in [0, 0.1) is 11.3 Å². The summed E-state index contributed by atoms with van der Waals surface area (Å²) in [5.74, 6) is -0.920. The minimum Gasteiger partial charge on any atom is -0.292 e. The maximum Gasteiger partial charge on any atom is 0.185 e. The second kappa shape index (κ2) is 6.74. The first-order chi connectivity index (χ1) is 9.67. The Hall–Kier alpha value is -1.57. The average molecular weight is 346 g/mol. The van der Waals surface area contributed by atoms with Crippen LogP contribution in [0.1, 0.15) is 21.8 Å². The van der Waals surface area contributed by atoms with Gasteiger partial charge in [-0.1, -0.05) is 46.3 Å². The van der Waals surface area contributed by atoms with Crippen molar-refractivity contribution in [2.45, 2.75) is 10.8 Å². The zero-order valence-electron chi connectivity index (χ0n) is 10.8. The van der Waals surface area contributed by atoms with Crippen molar-refractivity contribution in [1.82, 2.24) is 0 Å². The molecular weight excluding hydrogens is 334 g/mol. The molecule has 0 aromatic heterocycles. The SMILES string of the molecule is CSc1ccccc1C(=O)C(C#N)c1ccc(Br)cc1. The standard InChI is InChI=1S/C16H12BrNOS/c1-20-15-5-3-2-4-13(15)16(19)14(10-18)11-6-8-12(17)9-7-11/h2-9,14H,1H3. The fourth-order valence-corrected chi connectivity index (χ4v) is 2.81. The highest BCUT2D eigenvalue weighted by Crippen LogP contribution is 2.27. The highest BCUT2D eigenvalue weighted by atomic mass is 79.9. The van der Waals surface area contributed by atoms with Crippen molar-refractivity contribution in [2.75, 3.05) is 6.26 Å². The van der Waals surface area contributed by atoms with Gasteiger partial charge in [0.1, 0.15) is 5.92 Å². The lowest BCUT2D eigenvalue weighted by molar-refractivity contribution is 0.0976. The van der Waals surface area contributed by atoms with E-state index in [0.29, 0.717) is 5.56 Å². The van der Waals surface area contributed by atoms with E-state index in [1.165, 1.54) is 11.8 Å². The molecule has 1 unspecified atom stereocenters.